The molecule has 1 spiro atoms. The molecule has 244 valence electrons. The highest BCUT2D eigenvalue weighted by molar-refractivity contribution is 6.13. The predicted octanol–water partition coefficient (Wildman–Crippen LogP) is 13.2. The Hall–Kier alpha value is -6.84. The van der Waals surface area contributed by atoms with Crippen LogP contribution in [0.1, 0.15) is 22.3 Å². The summed E-state index contributed by atoms with van der Waals surface area (Å²) in [6, 6.07) is 67.1. The monoisotopic (exact) mass is 665 g/mol. The Morgan fingerprint density at radius 2 is 1.00 bits per heavy atom. The molecule has 52 heavy (non-hydrogen) atoms. The second-order valence-electron chi connectivity index (χ2n) is 13.6. The van der Waals surface area contributed by atoms with E-state index in [-0.39, 0.29) is 0 Å². The van der Waals surface area contributed by atoms with E-state index in [4.69, 9.17) is 9.15 Å². The van der Waals surface area contributed by atoms with Gasteiger partial charge in [0.15, 0.2) is 0 Å². The van der Waals surface area contributed by atoms with Gasteiger partial charge in [0, 0.05) is 27.9 Å². The van der Waals surface area contributed by atoms with Crippen LogP contribution in [0, 0.1) is 0 Å². The van der Waals surface area contributed by atoms with E-state index in [1.54, 1.807) is 0 Å². The van der Waals surface area contributed by atoms with Gasteiger partial charge < -0.3 is 14.1 Å². The van der Waals surface area contributed by atoms with Gasteiger partial charge in [-0.05, 0) is 94.0 Å². The summed E-state index contributed by atoms with van der Waals surface area (Å²) in [5.74, 6) is 1.81. The highest BCUT2D eigenvalue weighted by Crippen LogP contribution is 2.62. The van der Waals surface area contributed by atoms with Crippen molar-refractivity contribution in [1.82, 2.24) is 0 Å². The lowest BCUT2D eigenvalue weighted by atomic mass is 9.66. The van der Waals surface area contributed by atoms with Gasteiger partial charge in [-0.3, -0.25) is 0 Å². The quantitative estimate of drug-likeness (QED) is 0.187. The summed E-state index contributed by atoms with van der Waals surface area (Å²) in [5, 5.41) is 2.21. The van der Waals surface area contributed by atoms with Gasteiger partial charge in [0.2, 0.25) is 0 Å². The Morgan fingerprint density at radius 3 is 1.79 bits per heavy atom. The molecule has 8 aromatic carbocycles. The van der Waals surface area contributed by atoms with Crippen LogP contribution in [-0.4, -0.2) is 0 Å². The first-order valence-electron chi connectivity index (χ1n) is 17.8. The third-order valence-electron chi connectivity index (χ3n) is 10.9. The first kappa shape index (κ1) is 28.9. The van der Waals surface area contributed by atoms with Crippen molar-refractivity contribution >= 4 is 39.0 Å². The third-order valence-corrected chi connectivity index (χ3v) is 10.9. The second kappa shape index (κ2) is 11.1. The SMILES string of the molecule is c1ccc(N(c2ccc(-c3ccc4c(c3)C3(c5ccccc5Oc5ccccc53)c3ccccc3-4)cc2)c2cccc3oc4ccccc4c23)cc1. The van der Waals surface area contributed by atoms with E-state index in [2.05, 4.69) is 181 Å². The fourth-order valence-corrected chi connectivity index (χ4v) is 8.78. The molecule has 0 fully saturated rings. The Labute approximate surface area is 301 Å². The van der Waals surface area contributed by atoms with Gasteiger partial charge in [0.05, 0.1) is 16.5 Å². The van der Waals surface area contributed by atoms with Crippen molar-refractivity contribution in [2.75, 3.05) is 4.90 Å². The minimum absolute atomic E-state index is 0.497. The fraction of sp³-hybridized carbons (Fsp3) is 0.0204. The number of benzene rings is 8. The van der Waals surface area contributed by atoms with Crippen LogP contribution in [0.3, 0.4) is 0 Å². The predicted molar refractivity (Wildman–Crippen MR) is 211 cm³/mol. The summed E-state index contributed by atoms with van der Waals surface area (Å²) >= 11 is 0. The first-order chi connectivity index (χ1) is 25.8. The number of nitrogens with zero attached hydrogens (tertiary/aromatic N) is 1. The zero-order chi connectivity index (χ0) is 34.2. The third kappa shape index (κ3) is 4.02. The maximum absolute atomic E-state index is 6.55. The molecule has 2 aliphatic rings. The molecule has 0 unspecified atom stereocenters. The van der Waals surface area contributed by atoms with E-state index in [9.17, 15) is 0 Å². The van der Waals surface area contributed by atoms with Crippen LogP contribution in [-0.2, 0) is 5.41 Å². The smallest absolute Gasteiger partial charge is 0.137 e. The average molecular weight is 666 g/mol. The molecule has 11 rings (SSSR count). The standard InChI is InChI=1S/C49H31NO2/c1-2-13-34(14-3-1)50(43-20-12-24-47-48(43)38-16-5-9-21-44(38)51-47)35-28-25-32(26-29-35)33-27-30-37-36-15-4-6-17-39(36)49(42(37)31-33)40-18-7-10-22-45(40)52-46-23-11-8-19-41(46)49/h1-31H. The van der Waals surface area contributed by atoms with Crippen LogP contribution in [0.15, 0.2) is 192 Å². The van der Waals surface area contributed by atoms with Crippen molar-refractivity contribution in [3.05, 3.63) is 210 Å². The number of rotatable bonds is 4. The summed E-state index contributed by atoms with van der Waals surface area (Å²) < 4.78 is 12.9. The summed E-state index contributed by atoms with van der Waals surface area (Å²) in [6.07, 6.45) is 0. The van der Waals surface area contributed by atoms with E-state index in [1.807, 2.05) is 12.1 Å². The molecular weight excluding hydrogens is 635 g/mol. The summed E-state index contributed by atoms with van der Waals surface area (Å²) in [6.45, 7) is 0. The number of hydrogen-bond acceptors (Lipinski definition) is 3. The molecule has 0 saturated carbocycles. The maximum atomic E-state index is 6.55. The average Bonchev–Trinajstić information content (AvgIpc) is 3.73. The molecule has 3 heteroatoms. The topological polar surface area (TPSA) is 25.6 Å². The Morgan fingerprint density at radius 1 is 0.404 bits per heavy atom. The van der Waals surface area contributed by atoms with Crippen molar-refractivity contribution in [3.8, 4) is 33.8 Å². The molecule has 0 N–H and O–H groups in total. The maximum Gasteiger partial charge on any atom is 0.137 e. The second-order valence-corrected chi connectivity index (χ2v) is 13.6. The molecular formula is C49H31NO2. The van der Waals surface area contributed by atoms with Gasteiger partial charge in [0.25, 0.3) is 0 Å². The molecule has 0 saturated heterocycles. The van der Waals surface area contributed by atoms with E-state index in [0.29, 0.717) is 0 Å². The van der Waals surface area contributed by atoms with E-state index < -0.39 is 5.41 Å². The van der Waals surface area contributed by atoms with Gasteiger partial charge in [-0.2, -0.15) is 0 Å². The van der Waals surface area contributed by atoms with Gasteiger partial charge in [-0.25, -0.2) is 0 Å². The number of anilines is 3. The Balaban J connectivity index is 1.08. The highest BCUT2D eigenvalue weighted by atomic mass is 16.5. The zero-order valence-corrected chi connectivity index (χ0v) is 28.2. The normalized spacial score (nSPS) is 13.3. The van der Waals surface area contributed by atoms with Gasteiger partial charge >= 0.3 is 0 Å². The summed E-state index contributed by atoms with van der Waals surface area (Å²) in [4.78, 5) is 2.33. The molecule has 0 bridgehead atoms. The molecule has 1 aromatic heterocycles. The molecule has 1 aliphatic carbocycles. The van der Waals surface area contributed by atoms with E-state index in [1.165, 1.54) is 38.9 Å². The number of furan rings is 1. The molecule has 1 aliphatic heterocycles. The lowest BCUT2D eigenvalue weighted by Crippen LogP contribution is -2.32. The van der Waals surface area contributed by atoms with Crippen LogP contribution in [0.2, 0.25) is 0 Å². The zero-order valence-electron chi connectivity index (χ0n) is 28.2. The number of ether oxygens (including phenoxy) is 1. The molecule has 9 aromatic rings. The Kier molecular flexibility index (Phi) is 6.17. The Bertz CT molecular complexity index is 2790. The molecule has 0 atom stereocenters. The van der Waals surface area contributed by atoms with Crippen LogP contribution in [0.4, 0.5) is 17.1 Å². The van der Waals surface area contributed by atoms with Gasteiger partial charge in [0.1, 0.15) is 22.7 Å². The summed E-state index contributed by atoms with van der Waals surface area (Å²) in [5.41, 5.74) is 14.3. The molecule has 0 radical (unpaired) electrons. The first-order valence-corrected chi connectivity index (χ1v) is 17.8. The number of fused-ring (bicyclic) bond motifs is 12. The minimum Gasteiger partial charge on any atom is -0.457 e. The molecule has 0 amide bonds. The van der Waals surface area contributed by atoms with Crippen LogP contribution in [0.25, 0.3) is 44.2 Å². The molecule has 3 nitrogen and oxygen atoms in total. The van der Waals surface area contributed by atoms with E-state index in [0.717, 1.165) is 56.1 Å². The van der Waals surface area contributed by atoms with Crippen molar-refractivity contribution in [1.29, 1.82) is 0 Å². The largest absolute Gasteiger partial charge is 0.457 e. The van der Waals surface area contributed by atoms with Crippen LogP contribution < -0.4 is 9.64 Å². The van der Waals surface area contributed by atoms with Crippen molar-refractivity contribution in [2.24, 2.45) is 0 Å². The van der Waals surface area contributed by atoms with Crippen LogP contribution in [0.5, 0.6) is 11.5 Å². The van der Waals surface area contributed by atoms with Crippen molar-refractivity contribution in [2.45, 2.75) is 5.41 Å². The van der Waals surface area contributed by atoms with Crippen molar-refractivity contribution in [3.63, 3.8) is 0 Å². The number of hydrogen-bond donors (Lipinski definition) is 0. The van der Waals surface area contributed by atoms with Gasteiger partial charge in [-0.15, -0.1) is 0 Å². The number of para-hydroxylation sites is 4. The summed E-state index contributed by atoms with van der Waals surface area (Å²) in [7, 11) is 0. The van der Waals surface area contributed by atoms with E-state index >= 15 is 0 Å². The van der Waals surface area contributed by atoms with Crippen LogP contribution >= 0.6 is 0 Å². The molecule has 2 heterocycles. The van der Waals surface area contributed by atoms with Gasteiger partial charge in [-0.1, -0.05) is 127 Å². The highest BCUT2D eigenvalue weighted by Gasteiger charge is 2.51. The van der Waals surface area contributed by atoms with Crippen molar-refractivity contribution < 1.29 is 9.15 Å². The lowest BCUT2D eigenvalue weighted by molar-refractivity contribution is 0.436. The fourth-order valence-electron chi connectivity index (χ4n) is 8.78. The lowest BCUT2D eigenvalue weighted by Gasteiger charge is -2.39. The minimum atomic E-state index is -0.497.